The first-order valence-electron chi connectivity index (χ1n) is 6.04. The molecule has 1 rings (SSSR count). The van der Waals surface area contributed by atoms with E-state index < -0.39 is 21.0 Å². The van der Waals surface area contributed by atoms with Crippen molar-refractivity contribution < 1.29 is 8.42 Å². The molecule has 0 heterocycles. The summed E-state index contributed by atoms with van der Waals surface area (Å²) >= 11 is 0. The largest absolute Gasteiger partial charge is 0.241 e. The predicted molar refractivity (Wildman–Crippen MR) is 75.0 cm³/mol. The van der Waals surface area contributed by atoms with E-state index in [1.54, 1.807) is 19.1 Å². The molecular weight excluding hydrogens is 260 g/mol. The van der Waals surface area contributed by atoms with Crippen molar-refractivity contribution in [2.24, 2.45) is 5.41 Å². The number of nitrogens with zero attached hydrogens (tertiary/aromatic N) is 1. The summed E-state index contributed by atoms with van der Waals surface area (Å²) in [5, 5.41) is 9.30. The molecule has 1 unspecified atom stereocenters. The van der Waals surface area contributed by atoms with Gasteiger partial charge in [0.1, 0.15) is 5.54 Å². The Morgan fingerprint density at radius 1 is 1.11 bits per heavy atom. The summed E-state index contributed by atoms with van der Waals surface area (Å²) in [5.41, 5.74) is -0.700. The first kappa shape index (κ1) is 15.7. The first-order chi connectivity index (χ1) is 8.52. The van der Waals surface area contributed by atoms with Crippen LogP contribution in [0.5, 0.6) is 0 Å². The van der Waals surface area contributed by atoms with E-state index in [0.717, 1.165) is 5.56 Å². The number of sulfonamides is 1. The van der Waals surface area contributed by atoms with Crippen LogP contribution >= 0.6 is 0 Å². The number of rotatable bonds is 3. The summed E-state index contributed by atoms with van der Waals surface area (Å²) in [4.78, 5) is 0.170. The molecular formula is C14H20N2O2S. The molecule has 19 heavy (non-hydrogen) atoms. The molecule has 0 radical (unpaired) electrons. The van der Waals surface area contributed by atoms with Gasteiger partial charge in [-0.15, -0.1) is 0 Å². The summed E-state index contributed by atoms with van der Waals surface area (Å²) < 4.78 is 27.1. The standard InChI is InChI=1S/C14H20N2O2S/c1-11-6-8-12(9-7-11)19(17,18)16-14(5,10-15)13(2,3)4/h6-9,16H,1-5H3. The van der Waals surface area contributed by atoms with Gasteiger partial charge in [-0.25, -0.2) is 8.42 Å². The Morgan fingerprint density at radius 2 is 1.58 bits per heavy atom. The third-order valence-electron chi connectivity index (χ3n) is 3.39. The molecule has 0 aliphatic rings. The van der Waals surface area contributed by atoms with Crippen LogP contribution in [0.4, 0.5) is 0 Å². The average Bonchev–Trinajstić information content (AvgIpc) is 2.27. The lowest BCUT2D eigenvalue weighted by Gasteiger charge is -2.36. The van der Waals surface area contributed by atoms with Crippen molar-refractivity contribution in [2.75, 3.05) is 0 Å². The van der Waals surface area contributed by atoms with Crippen LogP contribution in [0.2, 0.25) is 0 Å². The Balaban J connectivity index is 3.17. The van der Waals surface area contributed by atoms with Gasteiger partial charge in [-0.2, -0.15) is 9.98 Å². The van der Waals surface area contributed by atoms with Crippen LogP contribution < -0.4 is 4.72 Å². The molecule has 1 aromatic rings. The van der Waals surface area contributed by atoms with Crippen LogP contribution in [0.25, 0.3) is 0 Å². The zero-order valence-corrected chi connectivity index (χ0v) is 12.8. The number of nitriles is 1. The summed E-state index contributed by atoms with van der Waals surface area (Å²) in [7, 11) is -3.70. The van der Waals surface area contributed by atoms with Crippen LogP contribution in [-0.2, 0) is 10.0 Å². The maximum Gasteiger partial charge on any atom is 0.241 e. The molecule has 1 aromatic carbocycles. The molecule has 0 saturated carbocycles. The van der Waals surface area contributed by atoms with E-state index in [1.165, 1.54) is 12.1 Å². The van der Waals surface area contributed by atoms with E-state index in [4.69, 9.17) is 0 Å². The number of hydrogen-bond acceptors (Lipinski definition) is 3. The van der Waals surface area contributed by atoms with Gasteiger partial charge in [0.2, 0.25) is 10.0 Å². The second kappa shape index (κ2) is 4.95. The van der Waals surface area contributed by atoms with Crippen molar-refractivity contribution in [1.29, 1.82) is 5.26 Å². The molecule has 0 aromatic heterocycles. The third kappa shape index (κ3) is 3.34. The highest BCUT2D eigenvalue weighted by atomic mass is 32.2. The van der Waals surface area contributed by atoms with Gasteiger partial charge in [0.05, 0.1) is 11.0 Å². The lowest BCUT2D eigenvalue weighted by atomic mass is 9.77. The van der Waals surface area contributed by atoms with E-state index in [0.29, 0.717) is 0 Å². The number of benzene rings is 1. The average molecular weight is 280 g/mol. The van der Waals surface area contributed by atoms with E-state index >= 15 is 0 Å². The maximum atomic E-state index is 12.3. The van der Waals surface area contributed by atoms with Crippen molar-refractivity contribution in [2.45, 2.75) is 45.1 Å². The predicted octanol–water partition coefficient (Wildman–Crippen LogP) is 2.60. The van der Waals surface area contributed by atoms with Gasteiger partial charge in [0.15, 0.2) is 0 Å². The molecule has 0 saturated heterocycles. The van der Waals surface area contributed by atoms with Crippen molar-refractivity contribution in [1.82, 2.24) is 4.72 Å². The van der Waals surface area contributed by atoms with Crippen LogP contribution in [0.1, 0.15) is 33.3 Å². The fourth-order valence-electron chi connectivity index (χ4n) is 1.39. The first-order valence-corrected chi connectivity index (χ1v) is 7.52. The molecule has 1 N–H and O–H groups in total. The highest BCUT2D eigenvalue weighted by Crippen LogP contribution is 2.31. The summed E-state index contributed by atoms with van der Waals surface area (Å²) in [5.74, 6) is 0. The number of hydrogen-bond donors (Lipinski definition) is 1. The molecule has 4 nitrogen and oxygen atoms in total. The quantitative estimate of drug-likeness (QED) is 0.925. The summed E-state index contributed by atoms with van der Waals surface area (Å²) in [6.07, 6.45) is 0. The van der Waals surface area contributed by atoms with Gasteiger partial charge >= 0.3 is 0 Å². The molecule has 0 aliphatic carbocycles. The van der Waals surface area contributed by atoms with Gasteiger partial charge in [-0.3, -0.25) is 0 Å². The van der Waals surface area contributed by atoms with Gasteiger partial charge < -0.3 is 0 Å². The second-order valence-electron chi connectivity index (χ2n) is 5.91. The number of nitrogens with one attached hydrogen (secondary N) is 1. The molecule has 1 atom stereocenters. The normalized spacial score (nSPS) is 15.6. The van der Waals surface area contributed by atoms with Gasteiger partial charge in [-0.05, 0) is 31.4 Å². The smallest absolute Gasteiger partial charge is 0.207 e. The Bertz CT molecular complexity index is 592. The Hall–Kier alpha value is -1.38. The molecule has 0 bridgehead atoms. The lowest BCUT2D eigenvalue weighted by Crippen LogP contribution is -2.53. The van der Waals surface area contributed by atoms with Crippen LogP contribution in [0, 0.1) is 23.7 Å². The fourth-order valence-corrected chi connectivity index (χ4v) is 2.89. The molecule has 5 heteroatoms. The maximum absolute atomic E-state index is 12.3. The van der Waals surface area contributed by atoms with Crippen LogP contribution in [0.3, 0.4) is 0 Å². The van der Waals surface area contributed by atoms with Crippen LogP contribution in [0.15, 0.2) is 29.2 Å². The minimum Gasteiger partial charge on any atom is -0.207 e. The SMILES string of the molecule is Cc1ccc(S(=O)(=O)NC(C)(C#N)C(C)(C)C)cc1. The van der Waals surface area contributed by atoms with Crippen LogP contribution in [-0.4, -0.2) is 14.0 Å². The minimum absolute atomic E-state index is 0.170. The number of aryl methyl sites for hydroxylation is 1. The van der Waals surface area contributed by atoms with Crippen molar-refractivity contribution in [3.63, 3.8) is 0 Å². The third-order valence-corrected chi connectivity index (χ3v) is 4.96. The van der Waals surface area contributed by atoms with Crippen molar-refractivity contribution >= 4 is 10.0 Å². The molecule has 0 aliphatic heterocycles. The highest BCUT2D eigenvalue weighted by molar-refractivity contribution is 7.89. The zero-order chi connectivity index (χ0) is 14.9. The van der Waals surface area contributed by atoms with Gasteiger partial charge in [0.25, 0.3) is 0 Å². The topological polar surface area (TPSA) is 70.0 Å². The summed E-state index contributed by atoms with van der Waals surface area (Å²) in [6, 6.07) is 8.61. The molecule has 104 valence electrons. The fraction of sp³-hybridized carbons (Fsp3) is 0.500. The Kier molecular flexibility index (Phi) is 4.08. The summed E-state index contributed by atoms with van der Waals surface area (Å²) in [6.45, 7) is 8.97. The Morgan fingerprint density at radius 3 is 1.95 bits per heavy atom. The lowest BCUT2D eigenvalue weighted by molar-refractivity contribution is 0.247. The molecule has 0 spiro atoms. The molecule has 0 amide bonds. The van der Waals surface area contributed by atoms with E-state index in [9.17, 15) is 13.7 Å². The van der Waals surface area contributed by atoms with E-state index in [-0.39, 0.29) is 4.90 Å². The van der Waals surface area contributed by atoms with Crippen molar-refractivity contribution in [3.05, 3.63) is 29.8 Å². The monoisotopic (exact) mass is 280 g/mol. The highest BCUT2D eigenvalue weighted by Gasteiger charge is 2.41. The van der Waals surface area contributed by atoms with Gasteiger partial charge in [0, 0.05) is 0 Å². The van der Waals surface area contributed by atoms with Gasteiger partial charge in [-0.1, -0.05) is 38.5 Å². The second-order valence-corrected chi connectivity index (χ2v) is 7.59. The molecule has 0 fully saturated rings. The van der Waals surface area contributed by atoms with Crippen molar-refractivity contribution in [3.8, 4) is 6.07 Å². The zero-order valence-electron chi connectivity index (χ0n) is 12.0. The van der Waals surface area contributed by atoms with E-state index in [2.05, 4.69) is 10.8 Å². The minimum atomic E-state index is -3.70. The Labute approximate surface area is 115 Å². The van der Waals surface area contributed by atoms with E-state index in [1.807, 2.05) is 27.7 Å².